The molecule has 0 spiro atoms. The second kappa shape index (κ2) is 10.4. The van der Waals surface area contributed by atoms with Crippen LogP contribution in [0.1, 0.15) is 5.56 Å². The van der Waals surface area contributed by atoms with E-state index in [0.29, 0.717) is 0 Å². The highest BCUT2D eigenvalue weighted by atomic mass is 14.3. The largest absolute Gasteiger partial charge is 0.0622 e. The Kier molecular flexibility index (Phi) is 6.12. The molecule has 0 saturated carbocycles. The third-order valence-corrected chi connectivity index (χ3v) is 8.63. The van der Waals surface area contributed by atoms with Crippen LogP contribution in [0.15, 0.2) is 164 Å². The van der Waals surface area contributed by atoms with Crippen molar-refractivity contribution in [3.63, 3.8) is 0 Å². The van der Waals surface area contributed by atoms with E-state index < -0.39 is 0 Å². The lowest BCUT2D eigenvalue weighted by Crippen LogP contribution is -1.97. The van der Waals surface area contributed by atoms with Crippen molar-refractivity contribution < 1.29 is 0 Å². The maximum Gasteiger partial charge on any atom is -0.00141 e. The molecule has 0 aliphatic heterocycles. The summed E-state index contributed by atoms with van der Waals surface area (Å²) in [4.78, 5) is 0. The predicted molar refractivity (Wildman–Crippen MR) is 185 cm³/mol. The van der Waals surface area contributed by atoms with Crippen LogP contribution in [0, 0.1) is 6.92 Å². The molecule has 0 aliphatic rings. The van der Waals surface area contributed by atoms with E-state index in [2.05, 4.69) is 171 Å². The minimum Gasteiger partial charge on any atom is -0.0622 e. The lowest BCUT2D eigenvalue weighted by Gasteiger charge is -2.24. The lowest BCUT2D eigenvalue weighted by atomic mass is 9.78. The van der Waals surface area contributed by atoms with Gasteiger partial charge < -0.3 is 0 Å². The van der Waals surface area contributed by atoms with Crippen molar-refractivity contribution in [3.8, 4) is 44.5 Å². The highest BCUT2D eigenvalue weighted by Gasteiger charge is 2.24. The van der Waals surface area contributed by atoms with Crippen molar-refractivity contribution >= 4 is 32.3 Å². The summed E-state index contributed by atoms with van der Waals surface area (Å²) in [6.45, 7) is 2.17. The van der Waals surface area contributed by atoms with Crippen molar-refractivity contribution in [1.29, 1.82) is 0 Å². The van der Waals surface area contributed by atoms with Crippen LogP contribution in [-0.4, -0.2) is 0 Å². The summed E-state index contributed by atoms with van der Waals surface area (Å²) in [5, 5.41) is 7.59. The van der Waals surface area contributed by atoms with Gasteiger partial charge in [0, 0.05) is 0 Å². The average molecular weight is 547 g/mol. The molecule has 0 bridgehead atoms. The first-order valence-corrected chi connectivity index (χ1v) is 14.9. The Morgan fingerprint density at radius 2 is 0.628 bits per heavy atom. The molecular formula is C43H30. The number of rotatable bonds is 4. The molecule has 0 nitrogen and oxygen atoms in total. The Morgan fingerprint density at radius 3 is 1.05 bits per heavy atom. The zero-order valence-electron chi connectivity index (χ0n) is 24.1. The minimum atomic E-state index is 1.22. The van der Waals surface area contributed by atoms with Gasteiger partial charge in [-0.1, -0.05) is 145 Å². The Labute approximate surface area is 252 Å². The molecule has 0 N–H and O–H groups in total. The molecule has 0 atom stereocenters. The van der Waals surface area contributed by atoms with Crippen molar-refractivity contribution in [3.05, 3.63) is 169 Å². The molecule has 43 heavy (non-hydrogen) atoms. The highest BCUT2D eigenvalue weighted by molar-refractivity contribution is 6.21. The van der Waals surface area contributed by atoms with Gasteiger partial charge in [0.2, 0.25) is 0 Å². The first kappa shape index (κ1) is 25.3. The molecule has 0 aromatic heterocycles. The van der Waals surface area contributed by atoms with E-state index in [4.69, 9.17) is 0 Å². The second-order valence-corrected chi connectivity index (χ2v) is 11.4. The van der Waals surface area contributed by atoms with E-state index in [9.17, 15) is 0 Å². The van der Waals surface area contributed by atoms with Crippen molar-refractivity contribution in [2.24, 2.45) is 0 Å². The van der Waals surface area contributed by atoms with E-state index >= 15 is 0 Å². The van der Waals surface area contributed by atoms with Gasteiger partial charge in [0.05, 0.1) is 0 Å². The Balaban J connectivity index is 1.65. The molecule has 0 heterocycles. The molecule has 0 fully saturated rings. The minimum absolute atomic E-state index is 1.22. The molecular weight excluding hydrogens is 516 g/mol. The molecule has 0 unspecified atom stereocenters. The van der Waals surface area contributed by atoms with Crippen LogP contribution in [0.3, 0.4) is 0 Å². The number of hydrogen-bond acceptors (Lipinski definition) is 0. The lowest BCUT2D eigenvalue weighted by molar-refractivity contribution is 1.51. The second-order valence-electron chi connectivity index (χ2n) is 11.4. The summed E-state index contributed by atoms with van der Waals surface area (Å²) in [5.41, 5.74) is 11.2. The maximum atomic E-state index is 2.43. The Hall–Kier alpha value is -5.46. The zero-order chi connectivity index (χ0) is 28.8. The number of hydrogen-bond donors (Lipinski definition) is 0. The van der Waals surface area contributed by atoms with Gasteiger partial charge >= 0.3 is 0 Å². The summed E-state index contributed by atoms with van der Waals surface area (Å²) in [6.07, 6.45) is 0. The van der Waals surface area contributed by atoms with Crippen molar-refractivity contribution in [1.82, 2.24) is 0 Å². The van der Waals surface area contributed by atoms with E-state index in [1.165, 1.54) is 82.4 Å². The van der Waals surface area contributed by atoms with Crippen LogP contribution in [0.25, 0.3) is 76.8 Å². The number of fused-ring (bicyclic) bond motifs is 3. The topological polar surface area (TPSA) is 0 Å². The van der Waals surface area contributed by atoms with Crippen LogP contribution in [-0.2, 0) is 0 Å². The van der Waals surface area contributed by atoms with Crippen LogP contribution in [0.4, 0.5) is 0 Å². The molecule has 0 amide bonds. The summed E-state index contributed by atoms with van der Waals surface area (Å²) in [5.74, 6) is 0. The van der Waals surface area contributed by atoms with Gasteiger partial charge in [-0.3, -0.25) is 0 Å². The van der Waals surface area contributed by atoms with Crippen LogP contribution < -0.4 is 0 Å². The third-order valence-electron chi connectivity index (χ3n) is 8.63. The quantitative estimate of drug-likeness (QED) is 0.193. The van der Waals surface area contributed by atoms with Crippen LogP contribution in [0.2, 0.25) is 0 Å². The Bertz CT molecular complexity index is 2250. The molecule has 8 rings (SSSR count). The standard InChI is InChI=1S/C43H30/c1-29-22-23-34-25-36-27-38-39(28-37(36)26-35(34)24-29)41(31-16-8-3-9-17-31)43(33-20-12-5-13-21-33)42(32-18-10-4-11-19-32)40(38)30-14-6-2-7-15-30/h2-28H,1H3. The average Bonchev–Trinajstić information content (AvgIpc) is 3.07. The van der Waals surface area contributed by atoms with Gasteiger partial charge in [0.1, 0.15) is 0 Å². The van der Waals surface area contributed by atoms with Gasteiger partial charge in [-0.25, -0.2) is 0 Å². The first-order valence-electron chi connectivity index (χ1n) is 14.9. The molecule has 0 aliphatic carbocycles. The molecule has 0 heteroatoms. The Morgan fingerprint density at radius 1 is 0.279 bits per heavy atom. The van der Waals surface area contributed by atoms with Gasteiger partial charge in [0.15, 0.2) is 0 Å². The molecule has 0 radical (unpaired) electrons. The predicted octanol–water partition coefficient (Wildman–Crippen LogP) is 12.1. The smallest absolute Gasteiger partial charge is 0.00141 e. The van der Waals surface area contributed by atoms with Crippen molar-refractivity contribution in [2.45, 2.75) is 6.92 Å². The highest BCUT2D eigenvalue weighted by Crippen LogP contribution is 2.51. The summed E-state index contributed by atoms with van der Waals surface area (Å²) >= 11 is 0. The van der Waals surface area contributed by atoms with Crippen molar-refractivity contribution in [2.75, 3.05) is 0 Å². The fourth-order valence-electron chi connectivity index (χ4n) is 6.70. The molecule has 8 aromatic carbocycles. The third kappa shape index (κ3) is 4.40. The summed E-state index contributed by atoms with van der Waals surface area (Å²) < 4.78 is 0. The molecule has 8 aromatic rings. The molecule has 0 saturated heterocycles. The summed E-state index contributed by atoms with van der Waals surface area (Å²) in [7, 11) is 0. The zero-order valence-corrected chi connectivity index (χ0v) is 24.1. The summed E-state index contributed by atoms with van der Waals surface area (Å²) in [6, 6.07) is 60.0. The van der Waals surface area contributed by atoms with E-state index in [0.717, 1.165) is 0 Å². The maximum absolute atomic E-state index is 2.43. The van der Waals surface area contributed by atoms with Gasteiger partial charge in [0.25, 0.3) is 0 Å². The van der Waals surface area contributed by atoms with E-state index in [1.807, 2.05) is 0 Å². The fourth-order valence-corrected chi connectivity index (χ4v) is 6.70. The van der Waals surface area contributed by atoms with Crippen LogP contribution in [0.5, 0.6) is 0 Å². The molecule has 202 valence electrons. The van der Waals surface area contributed by atoms with Crippen LogP contribution >= 0.6 is 0 Å². The normalized spacial score (nSPS) is 11.4. The number of aryl methyl sites for hydroxylation is 1. The SMILES string of the molecule is Cc1ccc2cc3cc4c(-c5ccccc5)c(-c5ccccc5)c(-c5ccccc5)c(-c5ccccc5)c4cc3cc2c1. The first-order chi connectivity index (χ1) is 21.2. The van der Waals surface area contributed by atoms with Gasteiger partial charge in [-0.05, 0) is 108 Å². The fraction of sp³-hybridized carbons (Fsp3) is 0.0233. The van der Waals surface area contributed by atoms with E-state index in [-0.39, 0.29) is 0 Å². The number of benzene rings is 8. The monoisotopic (exact) mass is 546 g/mol. The van der Waals surface area contributed by atoms with E-state index in [1.54, 1.807) is 0 Å². The van der Waals surface area contributed by atoms with Gasteiger partial charge in [-0.15, -0.1) is 0 Å². The van der Waals surface area contributed by atoms with Gasteiger partial charge in [-0.2, -0.15) is 0 Å².